The van der Waals surface area contributed by atoms with E-state index in [0.717, 1.165) is 11.8 Å². The molecule has 3 nitrogen and oxygen atoms in total. The third-order valence-corrected chi connectivity index (χ3v) is 2.64. The molecule has 2 atom stereocenters. The Labute approximate surface area is 77.2 Å². The van der Waals surface area contributed by atoms with Crippen LogP contribution in [0.1, 0.15) is 20.8 Å². The van der Waals surface area contributed by atoms with Crippen LogP contribution in [0.25, 0.3) is 0 Å². The maximum Gasteiger partial charge on any atom is 0.319 e. The second kappa shape index (κ2) is 4.14. The van der Waals surface area contributed by atoms with Crippen LogP contribution in [-0.2, 0) is 4.79 Å². The number of carboxylic acid groups (broad SMARTS) is 1. The average molecular weight is 192 g/mol. The van der Waals surface area contributed by atoms with Crippen molar-refractivity contribution in [1.29, 1.82) is 0 Å². The molecule has 0 amide bonds. The summed E-state index contributed by atoms with van der Waals surface area (Å²) in [6.07, 6.45) is 0.873. The molecular weight excluding hydrogens is 176 g/mol. The standard InChI is InChI=1S/C8H16O3S/c1-8(2,3)6(9)5(12-4)7(10)11/h5-6,9H,1-4H3,(H,10,11)/t5-,6+/m1/s1. The minimum atomic E-state index is -0.954. The summed E-state index contributed by atoms with van der Waals surface area (Å²) in [6, 6.07) is 0. The Kier molecular flexibility index (Phi) is 4.06. The van der Waals surface area contributed by atoms with Gasteiger partial charge in [0, 0.05) is 0 Å². The summed E-state index contributed by atoms with van der Waals surface area (Å²) < 4.78 is 0. The molecule has 0 unspecified atom stereocenters. The molecule has 0 spiro atoms. The number of hydrogen-bond acceptors (Lipinski definition) is 3. The molecule has 0 rings (SSSR count). The van der Waals surface area contributed by atoms with Crippen molar-refractivity contribution in [1.82, 2.24) is 0 Å². The number of hydrogen-bond donors (Lipinski definition) is 2. The van der Waals surface area contributed by atoms with Gasteiger partial charge in [-0.25, -0.2) is 0 Å². The number of aliphatic hydroxyl groups excluding tert-OH is 1. The summed E-state index contributed by atoms with van der Waals surface area (Å²) in [7, 11) is 0. The van der Waals surface area contributed by atoms with Crippen LogP contribution >= 0.6 is 11.8 Å². The van der Waals surface area contributed by atoms with Gasteiger partial charge in [-0.2, -0.15) is 0 Å². The van der Waals surface area contributed by atoms with Crippen molar-refractivity contribution in [3.05, 3.63) is 0 Å². The number of thioether (sulfide) groups is 1. The molecule has 72 valence electrons. The van der Waals surface area contributed by atoms with Crippen LogP contribution in [0.3, 0.4) is 0 Å². The zero-order valence-corrected chi connectivity index (χ0v) is 8.68. The van der Waals surface area contributed by atoms with E-state index in [1.807, 2.05) is 20.8 Å². The van der Waals surface area contributed by atoms with E-state index in [2.05, 4.69) is 0 Å². The number of aliphatic carboxylic acids is 1. The van der Waals surface area contributed by atoms with Crippen molar-refractivity contribution in [2.75, 3.05) is 6.26 Å². The summed E-state index contributed by atoms with van der Waals surface area (Å²) in [5.74, 6) is -0.954. The molecule has 0 aromatic carbocycles. The lowest BCUT2D eigenvalue weighted by Gasteiger charge is -2.29. The molecule has 0 aliphatic rings. The first kappa shape index (κ1) is 11.8. The summed E-state index contributed by atoms with van der Waals surface area (Å²) in [6.45, 7) is 5.47. The van der Waals surface area contributed by atoms with Crippen molar-refractivity contribution < 1.29 is 15.0 Å². The highest BCUT2D eigenvalue weighted by molar-refractivity contribution is 7.99. The van der Waals surface area contributed by atoms with E-state index in [9.17, 15) is 9.90 Å². The predicted molar refractivity (Wildman–Crippen MR) is 50.4 cm³/mol. The van der Waals surface area contributed by atoms with E-state index in [0.29, 0.717) is 0 Å². The van der Waals surface area contributed by atoms with Gasteiger partial charge < -0.3 is 10.2 Å². The van der Waals surface area contributed by atoms with Crippen LogP contribution in [0.4, 0.5) is 0 Å². The molecule has 2 N–H and O–H groups in total. The fraction of sp³-hybridized carbons (Fsp3) is 0.875. The maximum absolute atomic E-state index is 10.6. The maximum atomic E-state index is 10.6. The van der Waals surface area contributed by atoms with Crippen molar-refractivity contribution in [3.8, 4) is 0 Å². The van der Waals surface area contributed by atoms with Crippen molar-refractivity contribution in [2.24, 2.45) is 5.41 Å². The zero-order valence-electron chi connectivity index (χ0n) is 7.87. The first-order valence-corrected chi connectivity index (χ1v) is 5.03. The topological polar surface area (TPSA) is 57.5 Å². The molecule has 0 fully saturated rings. The monoisotopic (exact) mass is 192 g/mol. The quantitative estimate of drug-likeness (QED) is 0.705. The highest BCUT2D eigenvalue weighted by Gasteiger charge is 2.34. The summed E-state index contributed by atoms with van der Waals surface area (Å²) in [5, 5.41) is 17.6. The minimum Gasteiger partial charge on any atom is -0.480 e. The van der Waals surface area contributed by atoms with E-state index >= 15 is 0 Å². The lowest BCUT2D eigenvalue weighted by Crippen LogP contribution is -2.40. The lowest BCUT2D eigenvalue weighted by molar-refractivity contribution is -0.139. The highest BCUT2D eigenvalue weighted by Crippen LogP contribution is 2.27. The van der Waals surface area contributed by atoms with Crippen molar-refractivity contribution >= 4 is 17.7 Å². The molecule has 0 saturated heterocycles. The van der Waals surface area contributed by atoms with Gasteiger partial charge in [-0.1, -0.05) is 20.8 Å². The average Bonchev–Trinajstić information content (AvgIpc) is 1.86. The van der Waals surface area contributed by atoms with E-state index in [-0.39, 0.29) is 5.41 Å². The highest BCUT2D eigenvalue weighted by atomic mass is 32.2. The number of aliphatic hydroxyl groups is 1. The lowest BCUT2D eigenvalue weighted by atomic mass is 9.87. The van der Waals surface area contributed by atoms with E-state index in [1.54, 1.807) is 6.26 Å². The largest absolute Gasteiger partial charge is 0.480 e. The molecular formula is C8H16O3S. The first-order chi connectivity index (χ1) is 5.30. The normalized spacial score (nSPS) is 17.1. The molecule has 0 saturated carbocycles. The third-order valence-electron chi connectivity index (χ3n) is 1.67. The number of rotatable bonds is 3. The van der Waals surface area contributed by atoms with Crippen LogP contribution in [0.2, 0.25) is 0 Å². The third kappa shape index (κ3) is 3.03. The van der Waals surface area contributed by atoms with Gasteiger partial charge in [0.15, 0.2) is 0 Å². The molecule has 0 heterocycles. The molecule has 12 heavy (non-hydrogen) atoms. The molecule has 0 aliphatic carbocycles. The fourth-order valence-corrected chi connectivity index (χ4v) is 1.69. The van der Waals surface area contributed by atoms with Crippen LogP contribution in [0, 0.1) is 5.41 Å². The molecule has 0 aliphatic heterocycles. The Morgan fingerprint density at radius 2 is 1.83 bits per heavy atom. The van der Waals surface area contributed by atoms with Gasteiger partial charge in [-0.15, -0.1) is 11.8 Å². The van der Waals surface area contributed by atoms with Gasteiger partial charge in [0.05, 0.1) is 6.10 Å². The second-order valence-electron chi connectivity index (χ2n) is 3.81. The number of carbonyl (C=O) groups is 1. The second-order valence-corrected chi connectivity index (χ2v) is 4.78. The first-order valence-electron chi connectivity index (χ1n) is 3.74. The fourth-order valence-electron chi connectivity index (χ4n) is 0.819. The predicted octanol–water partition coefficient (Wildman–Crippen LogP) is 1.21. The Morgan fingerprint density at radius 1 is 1.42 bits per heavy atom. The SMILES string of the molecule is CS[C@@H](C(=O)O)[C@H](O)C(C)(C)C. The zero-order chi connectivity index (χ0) is 9.94. The van der Waals surface area contributed by atoms with Gasteiger partial charge in [-0.05, 0) is 11.7 Å². The van der Waals surface area contributed by atoms with Gasteiger partial charge in [0.25, 0.3) is 0 Å². The Balaban J connectivity index is 4.42. The van der Waals surface area contributed by atoms with E-state index < -0.39 is 17.3 Å². The van der Waals surface area contributed by atoms with E-state index in [4.69, 9.17) is 5.11 Å². The van der Waals surface area contributed by atoms with Gasteiger partial charge in [-0.3, -0.25) is 4.79 Å². The van der Waals surface area contributed by atoms with Gasteiger partial charge in [0.2, 0.25) is 0 Å². The Bertz CT molecular complexity index is 162. The van der Waals surface area contributed by atoms with Crippen LogP contribution in [0.5, 0.6) is 0 Å². The molecule has 0 aromatic heterocycles. The van der Waals surface area contributed by atoms with Crippen LogP contribution < -0.4 is 0 Å². The number of carboxylic acids is 1. The van der Waals surface area contributed by atoms with Crippen molar-refractivity contribution in [3.63, 3.8) is 0 Å². The minimum absolute atomic E-state index is 0.383. The molecule has 0 radical (unpaired) electrons. The molecule has 4 heteroatoms. The molecule has 0 bridgehead atoms. The summed E-state index contributed by atoms with van der Waals surface area (Å²) >= 11 is 1.16. The van der Waals surface area contributed by atoms with Crippen molar-refractivity contribution in [2.45, 2.75) is 32.1 Å². The van der Waals surface area contributed by atoms with Gasteiger partial charge >= 0.3 is 5.97 Å². The van der Waals surface area contributed by atoms with Crippen LogP contribution in [-0.4, -0.2) is 33.8 Å². The summed E-state index contributed by atoms with van der Waals surface area (Å²) in [5.41, 5.74) is -0.383. The Morgan fingerprint density at radius 3 is 1.92 bits per heavy atom. The molecule has 0 aromatic rings. The van der Waals surface area contributed by atoms with Crippen LogP contribution in [0.15, 0.2) is 0 Å². The Hall–Kier alpha value is -0.220. The van der Waals surface area contributed by atoms with Gasteiger partial charge in [0.1, 0.15) is 5.25 Å². The van der Waals surface area contributed by atoms with E-state index in [1.165, 1.54) is 0 Å². The summed E-state index contributed by atoms with van der Waals surface area (Å²) in [4.78, 5) is 10.6. The smallest absolute Gasteiger partial charge is 0.319 e.